The van der Waals surface area contributed by atoms with Crippen LogP contribution in [0.1, 0.15) is 32.1 Å². The zero-order valence-electron chi connectivity index (χ0n) is 16.9. The zero-order valence-corrected chi connectivity index (χ0v) is 20.0. The van der Waals surface area contributed by atoms with Crippen LogP contribution in [0.5, 0.6) is 0 Å². The van der Waals surface area contributed by atoms with E-state index in [0.717, 1.165) is 25.7 Å². The fraction of sp³-hybridized carbons (Fsp3) is 0.632. The van der Waals surface area contributed by atoms with Gasteiger partial charge >= 0.3 is 0 Å². The summed E-state index contributed by atoms with van der Waals surface area (Å²) in [4.78, 5) is 14.3. The van der Waals surface area contributed by atoms with Gasteiger partial charge in [0.15, 0.2) is 0 Å². The Kier molecular flexibility index (Phi) is 8.28. The van der Waals surface area contributed by atoms with Gasteiger partial charge in [0.05, 0.1) is 22.3 Å². The lowest BCUT2D eigenvalue weighted by atomic mass is 9.96. The highest BCUT2D eigenvalue weighted by Gasteiger charge is 2.34. The van der Waals surface area contributed by atoms with Crippen LogP contribution in [0.25, 0.3) is 0 Å². The van der Waals surface area contributed by atoms with E-state index in [1.165, 1.54) is 22.9 Å². The standard InChI is InChI=1S/C19H27Cl3N4O3S/c1-24(15-5-3-2-4-6-15)30(28,29)26-9-7-25(8-10-26)13-18(27)23-19-16(21)11-14(20)12-17(19)22/h11-12,15H,2-10,13H2,1H3,(H,23,27). The Morgan fingerprint density at radius 1 is 1.07 bits per heavy atom. The van der Waals surface area contributed by atoms with Gasteiger partial charge in [-0.3, -0.25) is 9.69 Å². The van der Waals surface area contributed by atoms with Crippen LogP contribution >= 0.6 is 34.8 Å². The average molecular weight is 498 g/mol. The van der Waals surface area contributed by atoms with E-state index in [9.17, 15) is 13.2 Å². The van der Waals surface area contributed by atoms with Gasteiger partial charge in [-0.2, -0.15) is 17.0 Å². The van der Waals surface area contributed by atoms with Crippen LogP contribution in [0, 0.1) is 0 Å². The summed E-state index contributed by atoms with van der Waals surface area (Å²) in [6.07, 6.45) is 5.18. The minimum Gasteiger partial charge on any atom is -0.322 e. The lowest BCUT2D eigenvalue weighted by molar-refractivity contribution is -0.117. The van der Waals surface area contributed by atoms with Crippen LogP contribution in [0.2, 0.25) is 15.1 Å². The summed E-state index contributed by atoms with van der Waals surface area (Å²) in [6.45, 7) is 1.80. The van der Waals surface area contributed by atoms with Gasteiger partial charge in [0.1, 0.15) is 0 Å². The van der Waals surface area contributed by atoms with Crippen molar-refractivity contribution < 1.29 is 13.2 Å². The third kappa shape index (κ3) is 5.79. The number of nitrogens with one attached hydrogen (secondary N) is 1. The molecule has 0 atom stereocenters. The molecule has 1 saturated heterocycles. The minimum atomic E-state index is -3.49. The number of hydrogen-bond donors (Lipinski definition) is 1. The Balaban J connectivity index is 1.52. The fourth-order valence-corrected chi connectivity index (χ4v) is 6.47. The number of halogens is 3. The van der Waals surface area contributed by atoms with Crippen molar-refractivity contribution in [3.05, 3.63) is 27.2 Å². The number of hydrogen-bond acceptors (Lipinski definition) is 4. The van der Waals surface area contributed by atoms with Gasteiger partial charge in [-0.25, -0.2) is 0 Å². The molecule has 0 aromatic heterocycles. The van der Waals surface area contributed by atoms with Gasteiger partial charge in [0.25, 0.3) is 10.2 Å². The topological polar surface area (TPSA) is 73.0 Å². The minimum absolute atomic E-state index is 0.0847. The first kappa shape index (κ1) is 24.0. The molecule has 1 amide bonds. The van der Waals surface area contributed by atoms with E-state index in [4.69, 9.17) is 34.8 Å². The van der Waals surface area contributed by atoms with E-state index in [-0.39, 0.29) is 28.5 Å². The number of nitrogens with zero attached hydrogens (tertiary/aromatic N) is 3. The number of anilines is 1. The van der Waals surface area contributed by atoms with E-state index in [2.05, 4.69) is 5.32 Å². The maximum atomic E-state index is 13.0. The summed E-state index contributed by atoms with van der Waals surface area (Å²) in [7, 11) is -1.80. The highest BCUT2D eigenvalue weighted by molar-refractivity contribution is 7.86. The Bertz CT molecular complexity index is 847. The second kappa shape index (κ2) is 10.3. The molecular formula is C19H27Cl3N4O3S. The maximum absolute atomic E-state index is 13.0. The number of rotatable bonds is 6. The summed E-state index contributed by atoms with van der Waals surface area (Å²) in [5.41, 5.74) is 0.322. The molecule has 7 nitrogen and oxygen atoms in total. The normalized spacial score (nSPS) is 19.9. The molecule has 0 unspecified atom stereocenters. The first-order chi connectivity index (χ1) is 14.2. The number of amides is 1. The SMILES string of the molecule is CN(C1CCCCC1)S(=O)(=O)N1CCN(CC(=O)Nc2c(Cl)cc(Cl)cc2Cl)CC1. The zero-order chi connectivity index (χ0) is 21.9. The average Bonchev–Trinajstić information content (AvgIpc) is 2.71. The fourth-order valence-electron chi connectivity index (χ4n) is 3.98. The van der Waals surface area contributed by atoms with Crippen molar-refractivity contribution in [1.29, 1.82) is 0 Å². The lowest BCUT2D eigenvalue weighted by Gasteiger charge is -2.38. The molecule has 2 aliphatic rings. The summed E-state index contributed by atoms with van der Waals surface area (Å²) in [5.74, 6) is -0.267. The third-order valence-corrected chi connectivity index (χ3v) is 8.61. The summed E-state index contributed by atoms with van der Waals surface area (Å²) >= 11 is 18.1. The molecule has 1 aliphatic carbocycles. The van der Waals surface area contributed by atoms with Gasteiger partial charge in [-0.1, -0.05) is 54.1 Å². The number of carbonyl (C=O) groups is 1. The van der Waals surface area contributed by atoms with Crippen molar-refractivity contribution in [1.82, 2.24) is 13.5 Å². The maximum Gasteiger partial charge on any atom is 0.282 e. The molecule has 1 saturated carbocycles. The molecule has 1 aromatic rings. The second-order valence-corrected chi connectivity index (χ2v) is 11.0. The van der Waals surface area contributed by atoms with Crippen molar-refractivity contribution in [2.45, 2.75) is 38.1 Å². The predicted molar refractivity (Wildman–Crippen MR) is 122 cm³/mol. The molecule has 2 fully saturated rings. The van der Waals surface area contributed by atoms with Gasteiger partial charge in [0.2, 0.25) is 5.91 Å². The highest BCUT2D eigenvalue weighted by Crippen LogP contribution is 2.33. The Morgan fingerprint density at radius 3 is 2.20 bits per heavy atom. The molecule has 11 heteroatoms. The van der Waals surface area contributed by atoms with Crippen LogP contribution in [0.4, 0.5) is 5.69 Å². The van der Waals surface area contributed by atoms with E-state index in [1.807, 2.05) is 4.90 Å². The predicted octanol–water partition coefficient (Wildman–Crippen LogP) is 3.71. The van der Waals surface area contributed by atoms with Gasteiger partial charge in [-0.05, 0) is 25.0 Å². The molecule has 0 radical (unpaired) electrons. The van der Waals surface area contributed by atoms with Crippen molar-refractivity contribution in [3.8, 4) is 0 Å². The molecule has 1 N–H and O–H groups in total. The third-order valence-electron chi connectivity index (χ3n) is 5.75. The summed E-state index contributed by atoms with van der Waals surface area (Å²) < 4.78 is 29.0. The molecule has 1 aliphatic heterocycles. The second-order valence-electron chi connectivity index (χ2n) is 7.78. The number of benzene rings is 1. The van der Waals surface area contributed by atoms with Gasteiger partial charge < -0.3 is 5.32 Å². The Morgan fingerprint density at radius 2 is 1.63 bits per heavy atom. The van der Waals surface area contributed by atoms with Crippen LogP contribution < -0.4 is 5.32 Å². The van der Waals surface area contributed by atoms with Crippen molar-refractivity contribution in [2.24, 2.45) is 0 Å². The Labute approximate surface area is 193 Å². The van der Waals surface area contributed by atoms with Crippen molar-refractivity contribution in [3.63, 3.8) is 0 Å². The first-order valence-corrected chi connectivity index (χ1v) is 12.6. The first-order valence-electron chi connectivity index (χ1n) is 10.1. The molecule has 0 spiro atoms. The lowest BCUT2D eigenvalue weighted by Crippen LogP contribution is -2.55. The van der Waals surface area contributed by atoms with E-state index in [1.54, 1.807) is 11.4 Å². The molecule has 1 heterocycles. The quantitative estimate of drug-likeness (QED) is 0.650. The van der Waals surface area contributed by atoms with Crippen LogP contribution in [0.15, 0.2) is 12.1 Å². The van der Waals surface area contributed by atoms with Gasteiger partial charge in [-0.15, -0.1) is 0 Å². The molecule has 3 rings (SSSR count). The van der Waals surface area contributed by atoms with Crippen LogP contribution in [-0.2, 0) is 15.0 Å². The van der Waals surface area contributed by atoms with Crippen LogP contribution in [0.3, 0.4) is 0 Å². The summed E-state index contributed by atoms with van der Waals surface area (Å²) in [5, 5.41) is 3.63. The molecular weight excluding hydrogens is 471 g/mol. The largest absolute Gasteiger partial charge is 0.322 e. The van der Waals surface area contributed by atoms with Crippen molar-refractivity contribution in [2.75, 3.05) is 45.1 Å². The Hall–Kier alpha value is -0.610. The smallest absolute Gasteiger partial charge is 0.282 e. The molecule has 168 valence electrons. The van der Waals surface area contributed by atoms with Gasteiger partial charge in [0, 0.05) is 44.3 Å². The van der Waals surface area contributed by atoms with E-state index in [0.29, 0.717) is 36.9 Å². The summed E-state index contributed by atoms with van der Waals surface area (Å²) in [6, 6.07) is 3.11. The molecule has 30 heavy (non-hydrogen) atoms. The van der Waals surface area contributed by atoms with E-state index >= 15 is 0 Å². The molecule has 1 aromatic carbocycles. The van der Waals surface area contributed by atoms with E-state index < -0.39 is 10.2 Å². The number of carbonyl (C=O) groups excluding carboxylic acids is 1. The molecule has 0 bridgehead atoms. The van der Waals surface area contributed by atoms with Crippen molar-refractivity contribution >= 4 is 56.6 Å². The highest BCUT2D eigenvalue weighted by atomic mass is 35.5. The number of piperazine rings is 1. The monoisotopic (exact) mass is 496 g/mol. The van der Waals surface area contributed by atoms with Crippen LogP contribution in [-0.4, -0.2) is 73.6 Å².